The second kappa shape index (κ2) is 6.97. The first-order valence-electron chi connectivity index (χ1n) is 8.89. The molecule has 0 spiro atoms. The normalized spacial score (nSPS) is 13.7. The number of carbonyl (C=O) groups excluding carboxylic acids is 1. The van der Waals surface area contributed by atoms with Crippen molar-refractivity contribution in [2.24, 2.45) is 0 Å². The summed E-state index contributed by atoms with van der Waals surface area (Å²) >= 11 is 5.00. The van der Waals surface area contributed by atoms with Gasteiger partial charge in [-0.05, 0) is 42.0 Å². The van der Waals surface area contributed by atoms with E-state index in [-0.39, 0.29) is 0 Å². The first-order valence-corrected chi connectivity index (χ1v) is 11.3. The van der Waals surface area contributed by atoms with Gasteiger partial charge in [-0.15, -0.1) is 22.7 Å². The van der Waals surface area contributed by atoms with Crippen molar-refractivity contribution in [2.75, 3.05) is 11.4 Å². The van der Waals surface area contributed by atoms with Crippen LogP contribution in [0.4, 0.5) is 5.13 Å². The van der Waals surface area contributed by atoms with Crippen LogP contribution in [0.2, 0.25) is 0 Å². The van der Waals surface area contributed by atoms with E-state index in [1.165, 1.54) is 41.6 Å². The highest BCUT2D eigenvalue weighted by molar-refractivity contribution is 7.27. The van der Waals surface area contributed by atoms with Crippen LogP contribution in [-0.4, -0.2) is 22.6 Å². The van der Waals surface area contributed by atoms with Crippen molar-refractivity contribution >= 4 is 55.1 Å². The standard InChI is InChI=1S/C20H17N3O2S3/c1-11-13-4-2-3-5-15(13)27-18(11)17-9-21-20(28-17)23-7-6-14-12(10-23)8-16(26-14)19(24)22-25/h2-5,8-9,25H,6-7,10H2,1H3,(H,22,24). The second-order valence-corrected chi connectivity index (χ2v) is 9.93. The van der Waals surface area contributed by atoms with Crippen molar-refractivity contribution in [1.29, 1.82) is 0 Å². The predicted molar refractivity (Wildman–Crippen MR) is 116 cm³/mol. The third kappa shape index (κ3) is 2.93. The summed E-state index contributed by atoms with van der Waals surface area (Å²) in [6.07, 6.45) is 2.86. The van der Waals surface area contributed by atoms with Crippen LogP contribution in [0.1, 0.15) is 25.7 Å². The van der Waals surface area contributed by atoms with Crippen LogP contribution in [0.25, 0.3) is 19.8 Å². The zero-order chi connectivity index (χ0) is 19.3. The van der Waals surface area contributed by atoms with Gasteiger partial charge in [0, 0.05) is 28.9 Å². The first kappa shape index (κ1) is 17.8. The Labute approximate surface area is 173 Å². The van der Waals surface area contributed by atoms with Gasteiger partial charge in [-0.3, -0.25) is 10.0 Å². The van der Waals surface area contributed by atoms with Crippen LogP contribution in [-0.2, 0) is 13.0 Å². The average Bonchev–Trinajstić information content (AvgIpc) is 3.44. The number of amides is 1. The molecule has 28 heavy (non-hydrogen) atoms. The number of carbonyl (C=O) groups is 1. The Kier molecular flexibility index (Phi) is 4.43. The molecular weight excluding hydrogens is 410 g/mol. The van der Waals surface area contributed by atoms with Crippen LogP contribution < -0.4 is 10.4 Å². The Balaban J connectivity index is 1.43. The van der Waals surface area contributed by atoms with E-state index in [2.05, 4.69) is 36.1 Å². The lowest BCUT2D eigenvalue weighted by atomic mass is 10.1. The number of aryl methyl sites for hydroxylation is 1. The number of aromatic nitrogens is 1. The highest BCUT2D eigenvalue weighted by Crippen LogP contribution is 2.42. The van der Waals surface area contributed by atoms with Crippen LogP contribution in [0.3, 0.4) is 0 Å². The SMILES string of the molecule is Cc1c(-c2cnc(N3CCc4sc(C(=O)NO)cc4C3)s2)sc2ccccc12. The molecule has 0 aliphatic carbocycles. The maximum Gasteiger partial charge on any atom is 0.284 e. The molecule has 0 saturated carbocycles. The molecule has 0 fully saturated rings. The highest BCUT2D eigenvalue weighted by atomic mass is 32.1. The van der Waals surface area contributed by atoms with E-state index >= 15 is 0 Å². The summed E-state index contributed by atoms with van der Waals surface area (Å²) < 4.78 is 1.31. The fourth-order valence-corrected chi connectivity index (χ4v) is 6.94. The minimum atomic E-state index is -0.442. The maximum atomic E-state index is 11.7. The highest BCUT2D eigenvalue weighted by Gasteiger charge is 2.24. The molecule has 5 nitrogen and oxygen atoms in total. The number of rotatable bonds is 3. The number of hydrogen-bond donors (Lipinski definition) is 2. The number of fused-ring (bicyclic) bond motifs is 2. The lowest BCUT2D eigenvalue weighted by Crippen LogP contribution is -2.29. The summed E-state index contributed by atoms with van der Waals surface area (Å²) in [5.41, 5.74) is 4.18. The van der Waals surface area contributed by atoms with Crippen molar-refractivity contribution in [1.82, 2.24) is 10.5 Å². The maximum absolute atomic E-state index is 11.7. The summed E-state index contributed by atoms with van der Waals surface area (Å²) in [5, 5.41) is 11.2. The van der Waals surface area contributed by atoms with E-state index in [1.54, 1.807) is 16.8 Å². The Morgan fingerprint density at radius 1 is 1.25 bits per heavy atom. The average molecular weight is 428 g/mol. The number of hydroxylamine groups is 1. The molecule has 5 rings (SSSR count). The quantitative estimate of drug-likeness (QED) is 0.354. The van der Waals surface area contributed by atoms with Gasteiger partial charge in [0.1, 0.15) is 0 Å². The zero-order valence-electron chi connectivity index (χ0n) is 15.1. The van der Waals surface area contributed by atoms with Gasteiger partial charge >= 0.3 is 0 Å². The van der Waals surface area contributed by atoms with Gasteiger partial charge in [-0.1, -0.05) is 29.5 Å². The van der Waals surface area contributed by atoms with Gasteiger partial charge in [0.15, 0.2) is 5.13 Å². The van der Waals surface area contributed by atoms with Gasteiger partial charge in [0.25, 0.3) is 5.91 Å². The molecular formula is C20H17N3O2S3. The molecule has 4 heterocycles. The molecule has 1 amide bonds. The first-order chi connectivity index (χ1) is 13.6. The smallest absolute Gasteiger partial charge is 0.284 e. The number of thiazole rings is 1. The van der Waals surface area contributed by atoms with Crippen LogP contribution >= 0.6 is 34.0 Å². The van der Waals surface area contributed by atoms with Crippen LogP contribution in [0, 0.1) is 6.92 Å². The van der Waals surface area contributed by atoms with Crippen molar-refractivity contribution in [3.8, 4) is 9.75 Å². The lowest BCUT2D eigenvalue weighted by Gasteiger charge is -2.26. The third-order valence-corrected chi connectivity index (χ3v) is 8.77. The Morgan fingerprint density at radius 2 is 2.11 bits per heavy atom. The molecule has 0 bridgehead atoms. The van der Waals surface area contributed by atoms with Crippen molar-refractivity contribution in [3.63, 3.8) is 0 Å². The summed E-state index contributed by atoms with van der Waals surface area (Å²) in [5.74, 6) is -0.442. The molecule has 142 valence electrons. The van der Waals surface area contributed by atoms with Crippen LogP contribution in [0.15, 0.2) is 36.5 Å². The molecule has 0 radical (unpaired) electrons. The molecule has 0 atom stereocenters. The summed E-state index contributed by atoms with van der Waals surface area (Å²) in [6.45, 7) is 3.80. The number of benzene rings is 1. The fourth-order valence-electron chi connectivity index (χ4n) is 3.59. The molecule has 3 aromatic heterocycles. The lowest BCUT2D eigenvalue weighted by molar-refractivity contribution is 0.0711. The zero-order valence-corrected chi connectivity index (χ0v) is 17.5. The monoisotopic (exact) mass is 427 g/mol. The molecule has 0 saturated heterocycles. The van der Waals surface area contributed by atoms with Crippen LogP contribution in [0.5, 0.6) is 0 Å². The predicted octanol–water partition coefficient (Wildman–Crippen LogP) is 5.08. The Hall–Kier alpha value is -2.26. The number of hydrogen-bond acceptors (Lipinski definition) is 7. The Bertz CT molecular complexity index is 1190. The minimum Gasteiger partial charge on any atom is -0.343 e. The number of nitrogens with zero attached hydrogens (tertiary/aromatic N) is 2. The van der Waals surface area contributed by atoms with E-state index in [9.17, 15) is 4.79 Å². The molecule has 1 aliphatic heterocycles. The van der Waals surface area contributed by atoms with Gasteiger partial charge in [0.05, 0.1) is 14.6 Å². The Morgan fingerprint density at radius 3 is 2.93 bits per heavy atom. The molecule has 2 N–H and O–H groups in total. The van der Waals surface area contributed by atoms with E-state index < -0.39 is 5.91 Å². The van der Waals surface area contributed by atoms with E-state index in [0.717, 1.165) is 30.2 Å². The fraction of sp³-hybridized carbons (Fsp3) is 0.200. The molecule has 4 aromatic rings. The largest absolute Gasteiger partial charge is 0.343 e. The number of nitrogens with one attached hydrogen (secondary N) is 1. The molecule has 1 aliphatic rings. The van der Waals surface area contributed by atoms with Gasteiger partial charge in [-0.2, -0.15) is 0 Å². The van der Waals surface area contributed by atoms with Gasteiger partial charge < -0.3 is 4.90 Å². The van der Waals surface area contributed by atoms with E-state index in [4.69, 9.17) is 10.2 Å². The second-order valence-electron chi connectivity index (χ2n) is 6.73. The summed E-state index contributed by atoms with van der Waals surface area (Å²) in [4.78, 5) is 22.9. The molecule has 1 aromatic carbocycles. The van der Waals surface area contributed by atoms with Crippen molar-refractivity contribution in [3.05, 3.63) is 57.4 Å². The van der Waals surface area contributed by atoms with Crippen molar-refractivity contribution in [2.45, 2.75) is 19.9 Å². The minimum absolute atomic E-state index is 0.442. The number of anilines is 1. The topological polar surface area (TPSA) is 65.5 Å². The van der Waals surface area contributed by atoms with Crippen molar-refractivity contribution < 1.29 is 10.0 Å². The summed E-state index contributed by atoms with van der Waals surface area (Å²) in [7, 11) is 0. The van der Waals surface area contributed by atoms with Gasteiger partial charge in [-0.25, -0.2) is 10.5 Å². The van der Waals surface area contributed by atoms with Gasteiger partial charge in [0.2, 0.25) is 0 Å². The molecule has 0 unspecified atom stereocenters. The number of thiophene rings is 2. The third-order valence-electron chi connectivity index (χ3n) is 5.02. The van der Waals surface area contributed by atoms with E-state index in [0.29, 0.717) is 4.88 Å². The summed E-state index contributed by atoms with van der Waals surface area (Å²) in [6, 6.07) is 10.4. The molecule has 8 heteroatoms. The van der Waals surface area contributed by atoms with E-state index in [1.807, 2.05) is 23.6 Å².